The van der Waals surface area contributed by atoms with Gasteiger partial charge >= 0.3 is 0 Å². The van der Waals surface area contributed by atoms with Crippen molar-refractivity contribution in [3.05, 3.63) is 22.4 Å². The van der Waals surface area contributed by atoms with Gasteiger partial charge in [0.2, 0.25) is 0 Å². The van der Waals surface area contributed by atoms with Gasteiger partial charge in [0.15, 0.2) is 0 Å². The summed E-state index contributed by atoms with van der Waals surface area (Å²) in [5.74, 6) is 0.192. The monoisotopic (exact) mass is 353 g/mol. The minimum atomic E-state index is 0.192. The molecule has 0 bridgehead atoms. The Labute approximate surface area is 135 Å². The van der Waals surface area contributed by atoms with Crippen LogP contribution in [0, 0.1) is 0 Å². The lowest BCUT2D eigenvalue weighted by Crippen LogP contribution is -2.47. The van der Waals surface area contributed by atoms with Crippen molar-refractivity contribution in [2.24, 2.45) is 0 Å². The van der Waals surface area contributed by atoms with Crippen LogP contribution in [0.5, 0.6) is 0 Å². The number of hydrogen-bond acceptors (Lipinski definition) is 2. The van der Waals surface area contributed by atoms with Crippen molar-refractivity contribution in [3.8, 4) is 0 Å². The van der Waals surface area contributed by atoms with Gasteiger partial charge in [0.25, 0.3) is 5.91 Å². The molecule has 2 fully saturated rings. The molecule has 1 saturated carbocycles. The fraction of sp³-hybridized carbons (Fsp3) is 0.688. The Kier molecular flexibility index (Phi) is 4.69. The van der Waals surface area contributed by atoms with Crippen LogP contribution in [-0.2, 0) is 6.54 Å². The van der Waals surface area contributed by atoms with E-state index < -0.39 is 0 Å². The van der Waals surface area contributed by atoms with E-state index in [1.165, 1.54) is 19.3 Å². The third-order valence-corrected chi connectivity index (χ3v) is 4.93. The van der Waals surface area contributed by atoms with Crippen molar-refractivity contribution >= 4 is 21.8 Å². The molecule has 2 heterocycles. The summed E-state index contributed by atoms with van der Waals surface area (Å²) in [4.78, 5) is 15.1. The molecule has 1 aromatic heterocycles. The van der Waals surface area contributed by atoms with Crippen LogP contribution in [0.3, 0.4) is 0 Å². The van der Waals surface area contributed by atoms with Crippen LogP contribution in [0.15, 0.2) is 16.7 Å². The predicted octanol–water partition coefficient (Wildman–Crippen LogP) is 3.02. The average molecular weight is 354 g/mol. The number of aryl methyl sites for hydroxylation is 1. The van der Waals surface area contributed by atoms with Gasteiger partial charge in [-0.1, -0.05) is 6.42 Å². The van der Waals surface area contributed by atoms with Gasteiger partial charge in [-0.05, 0) is 61.1 Å². The minimum absolute atomic E-state index is 0.192. The summed E-state index contributed by atoms with van der Waals surface area (Å²) in [6.07, 6.45) is 8.05. The van der Waals surface area contributed by atoms with E-state index in [1.54, 1.807) is 0 Å². The fourth-order valence-electron chi connectivity index (χ4n) is 3.16. The molecule has 1 aliphatic carbocycles. The summed E-state index contributed by atoms with van der Waals surface area (Å²) < 4.78 is 3.02. The van der Waals surface area contributed by atoms with Crippen molar-refractivity contribution in [2.75, 3.05) is 13.1 Å². The summed E-state index contributed by atoms with van der Waals surface area (Å²) in [6, 6.07) is 2.88. The maximum absolute atomic E-state index is 12.9. The van der Waals surface area contributed by atoms with E-state index in [-0.39, 0.29) is 5.91 Å². The molecule has 1 saturated heterocycles. The molecule has 1 atom stereocenters. The number of aromatic nitrogens is 1. The molecular formula is C16H24BrN3O. The zero-order valence-electron chi connectivity index (χ0n) is 12.6. The van der Waals surface area contributed by atoms with Crippen LogP contribution < -0.4 is 5.32 Å². The van der Waals surface area contributed by atoms with Crippen LogP contribution in [0.2, 0.25) is 0 Å². The van der Waals surface area contributed by atoms with Crippen LogP contribution >= 0.6 is 15.9 Å². The summed E-state index contributed by atoms with van der Waals surface area (Å²) in [5, 5.41) is 3.56. The zero-order chi connectivity index (χ0) is 14.8. The van der Waals surface area contributed by atoms with E-state index in [4.69, 9.17) is 0 Å². The summed E-state index contributed by atoms with van der Waals surface area (Å²) in [6.45, 7) is 4.85. The molecular weight excluding hydrogens is 330 g/mol. The number of amides is 1. The lowest BCUT2D eigenvalue weighted by atomic mass is 10.0. The molecule has 21 heavy (non-hydrogen) atoms. The molecule has 1 unspecified atom stereocenters. The number of nitrogens with zero attached hydrogens (tertiary/aromatic N) is 2. The van der Waals surface area contributed by atoms with Crippen LogP contribution in [0.25, 0.3) is 0 Å². The Bertz CT molecular complexity index is 504. The van der Waals surface area contributed by atoms with E-state index in [9.17, 15) is 4.79 Å². The minimum Gasteiger partial charge on any atom is -0.343 e. The van der Waals surface area contributed by atoms with E-state index in [0.29, 0.717) is 12.1 Å². The molecule has 0 radical (unpaired) electrons. The SMILES string of the molecule is CCn1cc(Br)cc1C(=O)N(CC1CCCCN1)C1CC1. The summed E-state index contributed by atoms with van der Waals surface area (Å²) >= 11 is 3.49. The number of rotatable bonds is 5. The molecule has 2 aliphatic rings. The molecule has 4 nitrogen and oxygen atoms in total. The van der Waals surface area contributed by atoms with Crippen LogP contribution in [0.4, 0.5) is 0 Å². The first-order valence-corrected chi connectivity index (χ1v) is 8.88. The number of piperidine rings is 1. The number of halogens is 1. The molecule has 5 heteroatoms. The molecule has 1 amide bonds. The van der Waals surface area contributed by atoms with Gasteiger partial charge in [-0.2, -0.15) is 0 Å². The van der Waals surface area contributed by atoms with Gasteiger partial charge in [-0.15, -0.1) is 0 Å². The van der Waals surface area contributed by atoms with Gasteiger partial charge in [0.1, 0.15) is 5.69 Å². The van der Waals surface area contributed by atoms with Crippen molar-refractivity contribution in [3.63, 3.8) is 0 Å². The van der Waals surface area contributed by atoms with Crippen LogP contribution in [-0.4, -0.2) is 40.5 Å². The molecule has 1 aromatic rings. The van der Waals surface area contributed by atoms with E-state index in [2.05, 4.69) is 33.1 Å². The van der Waals surface area contributed by atoms with Crippen LogP contribution in [0.1, 0.15) is 49.5 Å². The van der Waals surface area contributed by atoms with Crippen molar-refractivity contribution in [2.45, 2.75) is 57.7 Å². The third kappa shape index (κ3) is 3.51. The zero-order valence-corrected chi connectivity index (χ0v) is 14.2. The lowest BCUT2D eigenvalue weighted by Gasteiger charge is -2.31. The highest BCUT2D eigenvalue weighted by Gasteiger charge is 2.35. The standard InChI is InChI=1S/C16H24BrN3O/c1-2-19-10-12(17)9-15(19)16(21)20(14-6-7-14)11-13-5-3-4-8-18-13/h9-10,13-14,18H,2-8,11H2,1H3. The number of carbonyl (C=O) groups excluding carboxylic acids is 1. The van der Waals surface area contributed by atoms with Crippen molar-refractivity contribution < 1.29 is 4.79 Å². The number of hydrogen-bond donors (Lipinski definition) is 1. The Morgan fingerprint density at radius 1 is 1.43 bits per heavy atom. The van der Waals surface area contributed by atoms with Gasteiger partial charge < -0.3 is 14.8 Å². The maximum Gasteiger partial charge on any atom is 0.270 e. The summed E-state index contributed by atoms with van der Waals surface area (Å²) in [7, 11) is 0. The maximum atomic E-state index is 12.9. The molecule has 1 N–H and O–H groups in total. The van der Waals surface area contributed by atoms with Crippen molar-refractivity contribution in [1.29, 1.82) is 0 Å². The highest BCUT2D eigenvalue weighted by Crippen LogP contribution is 2.30. The van der Waals surface area contributed by atoms with E-state index in [1.807, 2.05) is 16.8 Å². The van der Waals surface area contributed by atoms with E-state index in [0.717, 1.165) is 42.6 Å². The number of carbonyl (C=O) groups is 1. The lowest BCUT2D eigenvalue weighted by molar-refractivity contribution is 0.0707. The molecule has 1 aliphatic heterocycles. The smallest absolute Gasteiger partial charge is 0.270 e. The third-order valence-electron chi connectivity index (χ3n) is 4.50. The second kappa shape index (κ2) is 6.53. The summed E-state index contributed by atoms with van der Waals surface area (Å²) in [5.41, 5.74) is 0.812. The first-order valence-electron chi connectivity index (χ1n) is 8.09. The predicted molar refractivity (Wildman–Crippen MR) is 87.5 cm³/mol. The normalized spacial score (nSPS) is 22.3. The average Bonchev–Trinajstić information content (AvgIpc) is 3.27. The first kappa shape index (κ1) is 15.1. The molecule has 0 aromatic carbocycles. The Morgan fingerprint density at radius 3 is 2.86 bits per heavy atom. The largest absolute Gasteiger partial charge is 0.343 e. The number of nitrogens with one attached hydrogen (secondary N) is 1. The van der Waals surface area contributed by atoms with E-state index >= 15 is 0 Å². The van der Waals surface area contributed by atoms with Gasteiger partial charge in [0.05, 0.1) is 0 Å². The highest BCUT2D eigenvalue weighted by atomic mass is 79.9. The second-order valence-corrected chi connectivity index (χ2v) is 7.08. The molecule has 116 valence electrons. The highest BCUT2D eigenvalue weighted by molar-refractivity contribution is 9.10. The Morgan fingerprint density at radius 2 is 2.24 bits per heavy atom. The van der Waals surface area contributed by atoms with Gasteiger partial charge in [-0.3, -0.25) is 4.79 Å². The first-order chi connectivity index (χ1) is 10.2. The van der Waals surface area contributed by atoms with Gasteiger partial charge in [0, 0.05) is 35.8 Å². The molecule has 3 rings (SSSR count). The van der Waals surface area contributed by atoms with Crippen molar-refractivity contribution in [1.82, 2.24) is 14.8 Å². The Balaban J connectivity index is 1.74. The second-order valence-electron chi connectivity index (χ2n) is 6.17. The fourth-order valence-corrected chi connectivity index (χ4v) is 3.63. The molecule has 0 spiro atoms. The quantitative estimate of drug-likeness (QED) is 0.883. The Hall–Kier alpha value is -0.810. The topological polar surface area (TPSA) is 37.3 Å². The van der Waals surface area contributed by atoms with Gasteiger partial charge in [-0.25, -0.2) is 0 Å².